The molecule has 0 aliphatic rings. The van der Waals surface area contributed by atoms with Gasteiger partial charge in [-0.15, -0.1) is 0 Å². The summed E-state index contributed by atoms with van der Waals surface area (Å²) in [4.78, 5) is 26.9. The molecule has 1 heterocycles. The van der Waals surface area contributed by atoms with Gasteiger partial charge in [-0.3, -0.25) is 9.78 Å². The summed E-state index contributed by atoms with van der Waals surface area (Å²) >= 11 is 3.24. The number of halogens is 1. The Morgan fingerprint density at radius 2 is 2.21 bits per heavy atom. The van der Waals surface area contributed by atoms with Crippen LogP contribution in [0.4, 0.5) is 0 Å². The van der Waals surface area contributed by atoms with Gasteiger partial charge in [0.05, 0.1) is 12.1 Å². The average Bonchev–Trinajstić information content (AvgIpc) is 2.42. The fourth-order valence-corrected chi connectivity index (χ4v) is 1.54. The Morgan fingerprint density at radius 3 is 2.84 bits per heavy atom. The zero-order valence-electron chi connectivity index (χ0n) is 10.8. The smallest absolute Gasteiger partial charge is 0.333 e. The predicted molar refractivity (Wildman–Crippen MR) is 74.7 cm³/mol. The van der Waals surface area contributed by atoms with Crippen LogP contribution in [0.2, 0.25) is 0 Å². The minimum absolute atomic E-state index is 0.136. The number of hydrogen-bond acceptors (Lipinski definition) is 4. The predicted octanol–water partition coefficient (Wildman–Crippen LogP) is 2.08. The van der Waals surface area contributed by atoms with Crippen molar-refractivity contribution in [3.63, 3.8) is 0 Å². The van der Waals surface area contributed by atoms with Crippen LogP contribution in [-0.4, -0.2) is 30.0 Å². The van der Waals surface area contributed by atoms with Crippen molar-refractivity contribution in [1.29, 1.82) is 0 Å². The molecule has 19 heavy (non-hydrogen) atoms. The van der Waals surface area contributed by atoms with Crippen LogP contribution < -0.4 is 5.32 Å². The first kappa shape index (κ1) is 15.4. The van der Waals surface area contributed by atoms with Gasteiger partial charge in [-0.1, -0.05) is 6.08 Å². The molecule has 0 radical (unpaired) electrons. The van der Waals surface area contributed by atoms with Crippen LogP contribution in [0.25, 0.3) is 0 Å². The van der Waals surface area contributed by atoms with Crippen molar-refractivity contribution < 1.29 is 14.3 Å². The van der Waals surface area contributed by atoms with Gasteiger partial charge in [-0.05, 0) is 35.8 Å². The fraction of sp³-hybridized carbons (Fsp3) is 0.308. The minimum Gasteiger partial charge on any atom is -0.460 e. The molecule has 0 saturated heterocycles. The van der Waals surface area contributed by atoms with E-state index in [1.54, 1.807) is 32.2 Å². The summed E-state index contributed by atoms with van der Waals surface area (Å²) in [6.45, 7) is 3.83. The molecule has 0 bridgehead atoms. The van der Waals surface area contributed by atoms with E-state index < -0.39 is 0 Å². The highest BCUT2D eigenvalue weighted by molar-refractivity contribution is 9.10. The summed E-state index contributed by atoms with van der Waals surface area (Å²) in [5, 5.41) is 2.64. The first-order valence-corrected chi connectivity index (χ1v) is 6.52. The maximum Gasteiger partial charge on any atom is 0.333 e. The van der Waals surface area contributed by atoms with Gasteiger partial charge >= 0.3 is 5.97 Å². The number of carbonyl (C=O) groups excluding carboxylic acids is 2. The maximum atomic E-state index is 11.7. The molecule has 0 aliphatic heterocycles. The number of amides is 1. The second-order valence-electron chi connectivity index (χ2n) is 3.76. The molecule has 102 valence electrons. The molecule has 1 aromatic heterocycles. The van der Waals surface area contributed by atoms with E-state index in [4.69, 9.17) is 4.74 Å². The largest absolute Gasteiger partial charge is 0.460 e. The Morgan fingerprint density at radius 1 is 1.47 bits per heavy atom. The molecule has 1 N–H and O–H groups in total. The Labute approximate surface area is 120 Å². The third kappa shape index (κ3) is 5.21. The second kappa shape index (κ2) is 7.68. The molecule has 1 rings (SSSR count). The van der Waals surface area contributed by atoms with E-state index in [9.17, 15) is 9.59 Å². The molecule has 0 aliphatic carbocycles. The Kier molecular flexibility index (Phi) is 6.21. The molecule has 0 spiro atoms. The topological polar surface area (TPSA) is 68.3 Å². The van der Waals surface area contributed by atoms with Gasteiger partial charge in [0.1, 0.15) is 6.61 Å². The molecule has 0 aromatic carbocycles. The van der Waals surface area contributed by atoms with E-state index in [0.717, 1.165) is 4.47 Å². The van der Waals surface area contributed by atoms with E-state index in [-0.39, 0.29) is 25.0 Å². The van der Waals surface area contributed by atoms with Crippen molar-refractivity contribution in [3.8, 4) is 0 Å². The molecule has 1 amide bonds. The first-order chi connectivity index (χ1) is 9.04. The number of esters is 1. The number of ether oxygens (including phenoxy) is 1. The van der Waals surface area contributed by atoms with Gasteiger partial charge in [0.25, 0.3) is 5.91 Å². The van der Waals surface area contributed by atoms with Gasteiger partial charge in [0.2, 0.25) is 0 Å². The number of carbonyl (C=O) groups is 2. The van der Waals surface area contributed by atoms with E-state index in [1.165, 1.54) is 6.20 Å². The minimum atomic E-state index is -0.374. The number of nitrogens with one attached hydrogen (secondary N) is 1. The third-order valence-corrected chi connectivity index (χ3v) is 2.78. The molecular formula is C13H15BrN2O3. The zero-order valence-corrected chi connectivity index (χ0v) is 12.4. The number of aromatic nitrogens is 1. The number of allylic oxidation sites excluding steroid dienone is 1. The molecule has 5 nitrogen and oxygen atoms in total. The van der Waals surface area contributed by atoms with Crippen molar-refractivity contribution in [3.05, 3.63) is 40.1 Å². The van der Waals surface area contributed by atoms with Crippen LogP contribution in [-0.2, 0) is 9.53 Å². The maximum absolute atomic E-state index is 11.7. The van der Waals surface area contributed by atoms with E-state index >= 15 is 0 Å². The number of hydrogen-bond donors (Lipinski definition) is 1. The summed E-state index contributed by atoms with van der Waals surface area (Å²) in [6, 6.07) is 1.66. The van der Waals surface area contributed by atoms with Crippen LogP contribution in [0.5, 0.6) is 0 Å². The van der Waals surface area contributed by atoms with Crippen LogP contribution in [0.3, 0.4) is 0 Å². The van der Waals surface area contributed by atoms with E-state index in [2.05, 4.69) is 26.2 Å². The lowest BCUT2D eigenvalue weighted by Gasteiger charge is -2.06. The third-order valence-electron chi connectivity index (χ3n) is 2.34. The van der Waals surface area contributed by atoms with Gasteiger partial charge in [0, 0.05) is 22.4 Å². The van der Waals surface area contributed by atoms with Crippen LogP contribution in [0.1, 0.15) is 24.2 Å². The molecule has 0 atom stereocenters. The standard InChI is InChI=1S/C13H15BrN2O3/c1-3-9(2)13(18)19-5-4-16-12(17)10-6-11(14)8-15-7-10/h3,6-8H,4-5H2,1-2H3,(H,16,17)/b9-3+. The highest BCUT2D eigenvalue weighted by atomic mass is 79.9. The van der Waals surface area contributed by atoms with E-state index in [0.29, 0.717) is 11.1 Å². The number of rotatable bonds is 5. The van der Waals surface area contributed by atoms with Crippen LogP contribution >= 0.6 is 15.9 Å². The highest BCUT2D eigenvalue weighted by Gasteiger charge is 2.07. The van der Waals surface area contributed by atoms with Gasteiger partial charge in [0.15, 0.2) is 0 Å². The van der Waals surface area contributed by atoms with Crippen molar-refractivity contribution in [2.75, 3.05) is 13.2 Å². The Bertz CT molecular complexity index is 500. The zero-order chi connectivity index (χ0) is 14.3. The highest BCUT2D eigenvalue weighted by Crippen LogP contribution is 2.09. The van der Waals surface area contributed by atoms with Crippen molar-refractivity contribution in [2.24, 2.45) is 0 Å². The summed E-state index contributed by atoms with van der Waals surface area (Å²) in [7, 11) is 0. The summed E-state index contributed by atoms with van der Waals surface area (Å²) < 4.78 is 5.69. The summed E-state index contributed by atoms with van der Waals surface area (Å²) in [5.74, 6) is -0.631. The molecule has 0 unspecified atom stereocenters. The first-order valence-electron chi connectivity index (χ1n) is 5.73. The molecule has 1 aromatic rings. The summed E-state index contributed by atoms with van der Waals surface area (Å²) in [5.41, 5.74) is 0.993. The number of nitrogens with zero attached hydrogens (tertiary/aromatic N) is 1. The monoisotopic (exact) mass is 326 g/mol. The quantitative estimate of drug-likeness (QED) is 0.511. The Hall–Kier alpha value is -1.69. The lowest BCUT2D eigenvalue weighted by atomic mass is 10.3. The number of pyridine rings is 1. The SMILES string of the molecule is C/C=C(\C)C(=O)OCCNC(=O)c1cncc(Br)c1. The molecule has 0 fully saturated rings. The normalized spacial score (nSPS) is 11.0. The summed E-state index contributed by atoms with van der Waals surface area (Å²) in [6.07, 6.45) is 4.74. The van der Waals surface area contributed by atoms with Crippen molar-refractivity contribution in [2.45, 2.75) is 13.8 Å². The molecule has 0 saturated carbocycles. The molecular weight excluding hydrogens is 312 g/mol. The second-order valence-corrected chi connectivity index (χ2v) is 4.67. The van der Waals surface area contributed by atoms with Crippen molar-refractivity contribution in [1.82, 2.24) is 10.3 Å². The van der Waals surface area contributed by atoms with Gasteiger partial charge in [-0.25, -0.2) is 4.79 Å². The average molecular weight is 327 g/mol. The van der Waals surface area contributed by atoms with Crippen molar-refractivity contribution >= 4 is 27.8 Å². The fourth-order valence-electron chi connectivity index (χ4n) is 1.18. The van der Waals surface area contributed by atoms with Crippen LogP contribution in [0.15, 0.2) is 34.6 Å². The van der Waals surface area contributed by atoms with Gasteiger partial charge in [-0.2, -0.15) is 0 Å². The lowest BCUT2D eigenvalue weighted by Crippen LogP contribution is -2.28. The Balaban J connectivity index is 2.34. The van der Waals surface area contributed by atoms with Crippen LogP contribution in [0, 0.1) is 0 Å². The molecule has 6 heteroatoms. The van der Waals surface area contributed by atoms with Gasteiger partial charge < -0.3 is 10.1 Å². The lowest BCUT2D eigenvalue weighted by molar-refractivity contribution is -0.138. The van der Waals surface area contributed by atoms with E-state index in [1.807, 2.05) is 0 Å².